The van der Waals surface area contributed by atoms with Crippen LogP contribution in [0.3, 0.4) is 0 Å². The van der Waals surface area contributed by atoms with E-state index in [0.29, 0.717) is 0 Å². The molecule has 0 bridgehead atoms. The molecule has 0 saturated carbocycles. The second-order valence-corrected chi connectivity index (χ2v) is 4.87. The fourth-order valence-electron chi connectivity index (χ4n) is 2.34. The number of carbonyl (C=O) groups excluding carboxylic acids is 1. The number of likely N-dealkylation sites (tertiary alicyclic amines) is 1. The van der Waals surface area contributed by atoms with E-state index in [4.69, 9.17) is 10.9 Å². The molecule has 1 aromatic carbocycles. The van der Waals surface area contributed by atoms with Gasteiger partial charge in [-0.05, 0) is 24.8 Å². The Labute approximate surface area is 118 Å². The lowest BCUT2D eigenvalue weighted by atomic mass is 10.1. The van der Waals surface area contributed by atoms with E-state index >= 15 is 0 Å². The number of amidine groups is 1. The molecule has 1 aromatic rings. The minimum atomic E-state index is -0.615. The highest BCUT2D eigenvalue weighted by Gasteiger charge is 2.23. The van der Waals surface area contributed by atoms with Gasteiger partial charge in [0.15, 0.2) is 5.84 Å². The van der Waals surface area contributed by atoms with Crippen LogP contribution >= 0.6 is 0 Å². The van der Waals surface area contributed by atoms with Crippen LogP contribution in [0.15, 0.2) is 35.5 Å². The summed E-state index contributed by atoms with van der Waals surface area (Å²) in [5.74, 6) is -0.0263. The van der Waals surface area contributed by atoms with E-state index in [-0.39, 0.29) is 11.9 Å². The van der Waals surface area contributed by atoms with Gasteiger partial charge in [0.2, 0.25) is 0 Å². The van der Waals surface area contributed by atoms with E-state index in [9.17, 15) is 4.79 Å². The van der Waals surface area contributed by atoms with Gasteiger partial charge < -0.3 is 21.2 Å². The lowest BCUT2D eigenvalue weighted by Gasteiger charge is -2.29. The predicted molar refractivity (Wildman–Crippen MR) is 76.5 cm³/mol. The number of oxime groups is 1. The Hall–Kier alpha value is -2.24. The maximum absolute atomic E-state index is 12.2. The quantitative estimate of drug-likeness (QED) is 0.339. The van der Waals surface area contributed by atoms with Crippen LogP contribution in [0.1, 0.15) is 30.9 Å². The second kappa shape index (κ2) is 6.79. The van der Waals surface area contributed by atoms with Crippen LogP contribution in [0.4, 0.5) is 4.79 Å². The van der Waals surface area contributed by atoms with Crippen LogP contribution in [0.2, 0.25) is 0 Å². The first-order chi connectivity index (χ1) is 9.72. The fourth-order valence-corrected chi connectivity index (χ4v) is 2.34. The first-order valence-corrected chi connectivity index (χ1v) is 6.80. The molecule has 1 saturated heterocycles. The Kier molecular flexibility index (Phi) is 4.81. The number of nitrogens with two attached hydrogens (primary N) is 1. The standard InChI is InChI=1S/C14H20N4O2/c15-13(17-20)12(11-7-3-1-4-8-11)16-14(19)18-9-5-2-6-10-18/h1,3-4,7-8,12,20H,2,5-6,9-10H2,(H2,15,17)(H,16,19). The van der Waals surface area contributed by atoms with Gasteiger partial charge in [0.1, 0.15) is 6.04 Å². The van der Waals surface area contributed by atoms with Crippen LogP contribution in [-0.4, -0.2) is 35.1 Å². The number of hydrogen-bond acceptors (Lipinski definition) is 3. The number of benzene rings is 1. The molecule has 1 aliphatic heterocycles. The minimum Gasteiger partial charge on any atom is -0.409 e. The normalized spacial score (nSPS) is 17.6. The zero-order chi connectivity index (χ0) is 14.4. The summed E-state index contributed by atoms with van der Waals surface area (Å²) >= 11 is 0. The molecular weight excluding hydrogens is 256 g/mol. The van der Waals surface area contributed by atoms with Crippen molar-refractivity contribution in [1.82, 2.24) is 10.2 Å². The van der Waals surface area contributed by atoms with Gasteiger partial charge >= 0.3 is 6.03 Å². The monoisotopic (exact) mass is 276 g/mol. The molecule has 1 atom stereocenters. The minimum absolute atomic E-state index is 0.0263. The third kappa shape index (κ3) is 3.40. The molecule has 108 valence electrons. The summed E-state index contributed by atoms with van der Waals surface area (Å²) in [6, 6.07) is 8.44. The topological polar surface area (TPSA) is 91.0 Å². The van der Waals surface area contributed by atoms with E-state index < -0.39 is 6.04 Å². The van der Waals surface area contributed by atoms with Crippen molar-refractivity contribution < 1.29 is 10.0 Å². The van der Waals surface area contributed by atoms with Crippen LogP contribution in [0, 0.1) is 0 Å². The molecule has 6 nitrogen and oxygen atoms in total. The van der Waals surface area contributed by atoms with Crippen LogP contribution in [-0.2, 0) is 0 Å². The number of rotatable bonds is 3. The molecule has 0 radical (unpaired) electrons. The highest BCUT2D eigenvalue weighted by atomic mass is 16.4. The average Bonchev–Trinajstić information content (AvgIpc) is 2.53. The van der Waals surface area contributed by atoms with Gasteiger partial charge in [-0.2, -0.15) is 0 Å². The number of piperidine rings is 1. The second-order valence-electron chi connectivity index (χ2n) is 4.87. The zero-order valence-corrected chi connectivity index (χ0v) is 11.3. The third-order valence-electron chi connectivity index (χ3n) is 3.46. The average molecular weight is 276 g/mol. The van der Waals surface area contributed by atoms with E-state index in [1.165, 1.54) is 0 Å². The molecule has 2 rings (SSSR count). The molecule has 1 heterocycles. The summed E-state index contributed by atoms with van der Waals surface area (Å²) in [4.78, 5) is 14.0. The molecule has 1 aliphatic rings. The maximum Gasteiger partial charge on any atom is 0.318 e. The smallest absolute Gasteiger partial charge is 0.318 e. The Bertz CT molecular complexity index is 469. The Balaban J connectivity index is 2.10. The van der Waals surface area contributed by atoms with Crippen molar-refractivity contribution in [2.24, 2.45) is 10.9 Å². The van der Waals surface area contributed by atoms with Gasteiger partial charge in [-0.25, -0.2) is 4.79 Å². The number of hydrogen-bond donors (Lipinski definition) is 3. The van der Waals surface area contributed by atoms with Crippen LogP contribution in [0.5, 0.6) is 0 Å². The molecule has 6 heteroatoms. The Morgan fingerprint density at radius 3 is 2.50 bits per heavy atom. The van der Waals surface area contributed by atoms with E-state index in [2.05, 4.69) is 10.5 Å². The van der Waals surface area contributed by atoms with Crippen molar-refractivity contribution in [2.75, 3.05) is 13.1 Å². The van der Waals surface area contributed by atoms with E-state index in [0.717, 1.165) is 37.9 Å². The van der Waals surface area contributed by atoms with Gasteiger partial charge in [0.05, 0.1) is 0 Å². The van der Waals surface area contributed by atoms with Gasteiger partial charge in [-0.1, -0.05) is 35.5 Å². The van der Waals surface area contributed by atoms with Gasteiger partial charge in [-0.3, -0.25) is 0 Å². The van der Waals surface area contributed by atoms with Crippen molar-refractivity contribution >= 4 is 11.9 Å². The van der Waals surface area contributed by atoms with Crippen molar-refractivity contribution in [3.05, 3.63) is 35.9 Å². The summed E-state index contributed by atoms with van der Waals surface area (Å²) in [6.07, 6.45) is 3.20. The van der Waals surface area contributed by atoms with E-state index in [1.807, 2.05) is 30.3 Å². The van der Waals surface area contributed by atoms with E-state index in [1.54, 1.807) is 4.90 Å². The zero-order valence-electron chi connectivity index (χ0n) is 11.3. The van der Waals surface area contributed by atoms with Gasteiger partial charge in [0.25, 0.3) is 0 Å². The molecule has 0 aromatic heterocycles. The van der Waals surface area contributed by atoms with Crippen molar-refractivity contribution in [2.45, 2.75) is 25.3 Å². The first kappa shape index (κ1) is 14.2. The largest absolute Gasteiger partial charge is 0.409 e. The lowest BCUT2D eigenvalue weighted by Crippen LogP contribution is -2.47. The number of urea groups is 1. The van der Waals surface area contributed by atoms with Crippen molar-refractivity contribution in [1.29, 1.82) is 0 Å². The van der Waals surface area contributed by atoms with Crippen molar-refractivity contribution in [3.63, 3.8) is 0 Å². The van der Waals surface area contributed by atoms with Crippen molar-refractivity contribution in [3.8, 4) is 0 Å². The number of amides is 2. The number of nitrogens with zero attached hydrogens (tertiary/aromatic N) is 2. The molecule has 20 heavy (non-hydrogen) atoms. The molecule has 1 unspecified atom stereocenters. The molecule has 2 amide bonds. The Morgan fingerprint density at radius 1 is 1.25 bits per heavy atom. The first-order valence-electron chi connectivity index (χ1n) is 6.80. The SMILES string of the molecule is NC(=NO)C(NC(=O)N1CCCCC1)c1ccccc1. The number of nitrogens with one attached hydrogen (secondary N) is 1. The third-order valence-corrected chi connectivity index (χ3v) is 3.46. The van der Waals surface area contributed by atoms with Gasteiger partial charge in [0, 0.05) is 13.1 Å². The molecule has 0 aliphatic carbocycles. The highest BCUT2D eigenvalue weighted by molar-refractivity contribution is 5.90. The molecular formula is C14H20N4O2. The van der Waals surface area contributed by atoms with Crippen LogP contribution in [0.25, 0.3) is 0 Å². The summed E-state index contributed by atoms with van der Waals surface area (Å²) in [5.41, 5.74) is 6.48. The number of carbonyl (C=O) groups is 1. The predicted octanol–water partition coefficient (Wildman–Crippen LogP) is 1.67. The summed E-state index contributed by atoms with van der Waals surface area (Å²) < 4.78 is 0. The summed E-state index contributed by atoms with van der Waals surface area (Å²) in [5, 5.41) is 14.7. The van der Waals surface area contributed by atoms with Gasteiger partial charge in [-0.15, -0.1) is 0 Å². The maximum atomic E-state index is 12.2. The lowest BCUT2D eigenvalue weighted by molar-refractivity contribution is 0.185. The molecule has 1 fully saturated rings. The summed E-state index contributed by atoms with van der Waals surface area (Å²) in [7, 11) is 0. The highest BCUT2D eigenvalue weighted by Crippen LogP contribution is 2.15. The summed E-state index contributed by atoms with van der Waals surface area (Å²) in [6.45, 7) is 1.51. The van der Waals surface area contributed by atoms with Crippen LogP contribution < -0.4 is 11.1 Å². The molecule has 0 spiro atoms. The molecule has 4 N–H and O–H groups in total. The Morgan fingerprint density at radius 2 is 1.90 bits per heavy atom. The fraction of sp³-hybridized carbons (Fsp3) is 0.429.